The molecule has 2 aliphatic heterocycles. The van der Waals surface area contributed by atoms with Crippen LogP contribution in [-0.2, 0) is 32.0 Å². The molecule has 0 aromatic carbocycles. The first kappa shape index (κ1) is 39.6. The minimum Gasteiger partial charge on any atom is -0.414 e. The maximum atomic E-state index is 13.2. The molecule has 1 unspecified atom stereocenters. The fourth-order valence-electron chi connectivity index (χ4n) is 6.49. The van der Waals surface area contributed by atoms with Crippen molar-refractivity contribution < 1.29 is 58.3 Å². The zero-order valence-corrected chi connectivity index (χ0v) is 30.9. The van der Waals surface area contributed by atoms with Crippen molar-refractivity contribution in [3.8, 4) is 0 Å². The second-order valence-electron chi connectivity index (χ2n) is 13.6. The predicted octanol–water partition coefficient (Wildman–Crippen LogP) is 6.74. The van der Waals surface area contributed by atoms with E-state index in [-0.39, 0.29) is 45.8 Å². The zero-order valence-electron chi connectivity index (χ0n) is 28.9. The molecular formula is C29H45F6N5O7Si2. The first-order valence-electron chi connectivity index (χ1n) is 16.1. The Morgan fingerprint density at radius 1 is 0.959 bits per heavy atom. The SMILES string of the molecule is CC(=O)Nc1ncnc2c1ncn2[C@@H]1O[C@@H]2CO[Si](C(C)C)(C(C)C)O[Si](C(C)C)(C(C)C)OC2[C@@H]1OCOCC(C(F)(F)F)C(F)(F)F. The molecule has 49 heavy (non-hydrogen) atoms. The summed E-state index contributed by atoms with van der Waals surface area (Å²) in [4.78, 5) is 24.6. The van der Waals surface area contributed by atoms with Gasteiger partial charge in [0.1, 0.15) is 31.4 Å². The van der Waals surface area contributed by atoms with E-state index in [2.05, 4.69) is 20.3 Å². The summed E-state index contributed by atoms with van der Waals surface area (Å²) in [7, 11) is -6.28. The number of aromatic nitrogens is 4. The standard InChI is InChI=1S/C29H45F6N5O7Si2/c1-15(2)48(16(3)4)44-10-20-23(46-49(47-48,17(5)6)18(7)8)24(43-14-42-11-21(28(30,31)32)29(33,34)35)27(45-20)40-13-38-22-25(39-19(9)41)36-12-37-26(22)40/h12-13,15-18,20-21,23-24,27H,10-11,14H2,1-9H3,(H,36,37,39,41)/t20-,23?,24+,27-/m1/s1. The molecule has 0 radical (unpaired) electrons. The summed E-state index contributed by atoms with van der Waals surface area (Å²) in [5, 5.41) is 2.58. The molecule has 1 N–H and O–H groups in total. The predicted molar refractivity (Wildman–Crippen MR) is 169 cm³/mol. The highest BCUT2D eigenvalue weighted by atomic mass is 28.5. The van der Waals surface area contributed by atoms with E-state index in [0.29, 0.717) is 0 Å². The van der Waals surface area contributed by atoms with Crippen LogP contribution in [0.5, 0.6) is 0 Å². The zero-order chi connectivity index (χ0) is 36.7. The summed E-state index contributed by atoms with van der Waals surface area (Å²) in [6.07, 6.45) is -12.6. The number of alkyl halides is 6. The number of carbonyl (C=O) groups is 1. The lowest BCUT2D eigenvalue weighted by Gasteiger charge is -2.51. The fraction of sp³-hybridized carbons (Fsp3) is 0.793. The lowest BCUT2D eigenvalue weighted by Crippen LogP contribution is -2.66. The smallest absolute Gasteiger partial charge is 0.402 e. The van der Waals surface area contributed by atoms with Crippen molar-refractivity contribution in [2.45, 2.75) is 121 Å². The Hall–Kier alpha value is -2.21. The van der Waals surface area contributed by atoms with Gasteiger partial charge in [0.05, 0.1) is 19.5 Å². The Kier molecular flexibility index (Phi) is 12.0. The quantitative estimate of drug-likeness (QED) is 0.114. The van der Waals surface area contributed by atoms with Gasteiger partial charge >= 0.3 is 29.5 Å². The Balaban J connectivity index is 1.78. The normalized spacial score (nSPS) is 24.7. The van der Waals surface area contributed by atoms with Crippen LogP contribution in [0.4, 0.5) is 32.2 Å². The highest BCUT2D eigenvalue weighted by Crippen LogP contribution is 2.49. The minimum atomic E-state index is -5.58. The van der Waals surface area contributed by atoms with Gasteiger partial charge in [-0.15, -0.1) is 0 Å². The topological polar surface area (TPSA) is 128 Å². The number of fused-ring (bicyclic) bond motifs is 2. The Bertz CT molecular complexity index is 1410. The summed E-state index contributed by atoms with van der Waals surface area (Å²) < 4.78 is 119. The van der Waals surface area contributed by atoms with Gasteiger partial charge in [-0.05, 0) is 22.2 Å². The van der Waals surface area contributed by atoms with Gasteiger partial charge in [0.25, 0.3) is 0 Å². The van der Waals surface area contributed by atoms with Crippen molar-refractivity contribution in [3.63, 3.8) is 0 Å². The fourth-order valence-corrected chi connectivity index (χ4v) is 17.7. The van der Waals surface area contributed by atoms with Crippen molar-refractivity contribution in [1.82, 2.24) is 19.5 Å². The number of amides is 1. The summed E-state index contributed by atoms with van der Waals surface area (Å²) in [5.41, 5.74) is 0.229. The number of carbonyl (C=O) groups excluding carboxylic acids is 1. The first-order valence-corrected chi connectivity index (χ1v) is 20.0. The first-order chi connectivity index (χ1) is 22.7. The lowest BCUT2D eigenvalue weighted by molar-refractivity contribution is -0.299. The van der Waals surface area contributed by atoms with Crippen LogP contribution in [0.25, 0.3) is 11.2 Å². The molecule has 1 amide bonds. The summed E-state index contributed by atoms with van der Waals surface area (Å²) >= 11 is 0. The van der Waals surface area contributed by atoms with E-state index in [0.717, 1.165) is 0 Å². The van der Waals surface area contributed by atoms with Gasteiger partial charge in [-0.1, -0.05) is 55.4 Å². The van der Waals surface area contributed by atoms with Crippen molar-refractivity contribution in [2.75, 3.05) is 25.3 Å². The number of rotatable bonds is 11. The number of anilines is 1. The molecule has 2 aromatic rings. The molecule has 2 aliphatic rings. The average molecular weight is 746 g/mol. The third kappa shape index (κ3) is 8.00. The number of hydrogen-bond donors (Lipinski definition) is 1. The molecule has 4 atom stereocenters. The minimum absolute atomic E-state index is 0.00805. The van der Waals surface area contributed by atoms with E-state index >= 15 is 0 Å². The molecule has 2 fully saturated rings. The second-order valence-corrected chi connectivity index (χ2v) is 22.5. The summed E-state index contributed by atoms with van der Waals surface area (Å²) in [6, 6.07) is 0. The molecule has 4 rings (SSSR count). The molecule has 278 valence electrons. The average Bonchev–Trinajstić information content (AvgIpc) is 3.52. The number of imidazole rings is 1. The van der Waals surface area contributed by atoms with Gasteiger partial charge in [-0.3, -0.25) is 9.36 Å². The van der Waals surface area contributed by atoms with Gasteiger partial charge in [0.15, 0.2) is 29.1 Å². The van der Waals surface area contributed by atoms with Crippen LogP contribution >= 0.6 is 0 Å². The van der Waals surface area contributed by atoms with Crippen LogP contribution in [-0.4, -0.2) is 93.2 Å². The largest absolute Gasteiger partial charge is 0.414 e. The maximum absolute atomic E-state index is 13.2. The highest BCUT2D eigenvalue weighted by molar-refractivity contribution is 6.84. The van der Waals surface area contributed by atoms with Crippen LogP contribution in [0.3, 0.4) is 0 Å². The number of nitrogens with zero attached hydrogens (tertiary/aromatic N) is 4. The molecule has 12 nitrogen and oxygen atoms in total. The Morgan fingerprint density at radius 2 is 1.55 bits per heavy atom. The van der Waals surface area contributed by atoms with E-state index < -0.39 is 79.2 Å². The van der Waals surface area contributed by atoms with Crippen molar-refractivity contribution in [1.29, 1.82) is 0 Å². The van der Waals surface area contributed by atoms with Gasteiger partial charge < -0.3 is 32.5 Å². The van der Waals surface area contributed by atoms with E-state index in [1.165, 1.54) is 24.1 Å². The van der Waals surface area contributed by atoms with Crippen LogP contribution in [0.1, 0.15) is 68.5 Å². The van der Waals surface area contributed by atoms with Gasteiger partial charge in [-0.25, -0.2) is 15.0 Å². The molecule has 2 aromatic heterocycles. The van der Waals surface area contributed by atoms with Crippen LogP contribution in [0.15, 0.2) is 12.7 Å². The number of halogens is 6. The van der Waals surface area contributed by atoms with Gasteiger partial charge in [0, 0.05) is 6.92 Å². The van der Waals surface area contributed by atoms with E-state index in [4.69, 9.17) is 27.2 Å². The molecule has 0 saturated carbocycles. The van der Waals surface area contributed by atoms with Crippen molar-refractivity contribution >= 4 is 40.0 Å². The number of hydrogen-bond acceptors (Lipinski definition) is 10. The molecule has 0 bridgehead atoms. The summed E-state index contributed by atoms with van der Waals surface area (Å²) in [5.74, 6) is -3.99. The van der Waals surface area contributed by atoms with Crippen molar-refractivity contribution in [3.05, 3.63) is 12.7 Å². The van der Waals surface area contributed by atoms with E-state index in [1.54, 1.807) is 0 Å². The maximum Gasteiger partial charge on any atom is 0.402 e. The molecule has 0 spiro atoms. The highest BCUT2D eigenvalue weighted by Gasteiger charge is 2.62. The monoisotopic (exact) mass is 745 g/mol. The van der Waals surface area contributed by atoms with Crippen molar-refractivity contribution in [2.24, 2.45) is 5.92 Å². The second kappa shape index (κ2) is 14.8. The van der Waals surface area contributed by atoms with Crippen LogP contribution < -0.4 is 5.32 Å². The van der Waals surface area contributed by atoms with E-state index in [9.17, 15) is 31.1 Å². The molecule has 20 heteroatoms. The number of ether oxygens (including phenoxy) is 3. The Morgan fingerprint density at radius 3 is 2.08 bits per heavy atom. The van der Waals surface area contributed by atoms with Gasteiger partial charge in [0.2, 0.25) is 5.91 Å². The van der Waals surface area contributed by atoms with Crippen LogP contribution in [0.2, 0.25) is 22.2 Å². The third-order valence-corrected chi connectivity index (χ3v) is 19.2. The molecular weight excluding hydrogens is 701 g/mol. The van der Waals surface area contributed by atoms with Gasteiger partial charge in [-0.2, -0.15) is 26.3 Å². The van der Waals surface area contributed by atoms with E-state index in [1.807, 2.05) is 55.4 Å². The lowest BCUT2D eigenvalue weighted by atomic mass is 10.1. The molecule has 4 heterocycles. The number of nitrogens with one attached hydrogen (secondary N) is 1. The van der Waals surface area contributed by atoms with Crippen LogP contribution in [0, 0.1) is 5.92 Å². The molecule has 0 aliphatic carbocycles. The summed E-state index contributed by atoms with van der Waals surface area (Å²) in [6.45, 7) is 14.8. The third-order valence-electron chi connectivity index (χ3n) is 8.96. The Labute approximate surface area is 283 Å². The molecule has 2 saturated heterocycles.